The van der Waals surface area contributed by atoms with Crippen molar-refractivity contribution in [1.29, 1.82) is 0 Å². The van der Waals surface area contributed by atoms with Gasteiger partial charge in [-0.1, -0.05) is 25.3 Å². The van der Waals surface area contributed by atoms with Gasteiger partial charge in [0.2, 0.25) is 0 Å². The second kappa shape index (κ2) is 5.15. The van der Waals surface area contributed by atoms with Crippen LogP contribution < -0.4 is 5.32 Å². The van der Waals surface area contributed by atoms with Crippen LogP contribution in [0.1, 0.15) is 46.0 Å². The van der Waals surface area contributed by atoms with Gasteiger partial charge >= 0.3 is 5.97 Å². The SMILES string of the molecule is CC=C(C(=O)O)C1=NC(C)(C2CCCCC2)C(=O)N1. The summed E-state index contributed by atoms with van der Waals surface area (Å²) in [7, 11) is 0. The molecule has 0 spiro atoms. The van der Waals surface area contributed by atoms with Crippen molar-refractivity contribution >= 4 is 17.7 Å². The van der Waals surface area contributed by atoms with Gasteiger partial charge in [-0.15, -0.1) is 0 Å². The maximum Gasteiger partial charge on any atom is 0.339 e. The third-order valence-corrected chi connectivity index (χ3v) is 4.21. The lowest BCUT2D eigenvalue weighted by molar-refractivity contribution is -0.132. The van der Waals surface area contributed by atoms with E-state index in [1.54, 1.807) is 6.92 Å². The molecule has 2 rings (SSSR count). The van der Waals surface area contributed by atoms with E-state index in [-0.39, 0.29) is 23.2 Å². The van der Waals surface area contributed by atoms with Gasteiger partial charge in [0.25, 0.3) is 5.91 Å². The Kier molecular flexibility index (Phi) is 3.73. The van der Waals surface area contributed by atoms with Crippen LogP contribution in [0, 0.1) is 5.92 Å². The van der Waals surface area contributed by atoms with Crippen LogP contribution in [0.15, 0.2) is 16.6 Å². The third kappa shape index (κ3) is 2.41. The first-order valence-electron chi connectivity index (χ1n) is 6.80. The number of carbonyl (C=O) groups excluding carboxylic acids is 1. The lowest BCUT2D eigenvalue weighted by atomic mass is 9.76. The lowest BCUT2D eigenvalue weighted by Gasteiger charge is -2.32. The fourth-order valence-corrected chi connectivity index (χ4v) is 2.98. The van der Waals surface area contributed by atoms with Gasteiger partial charge < -0.3 is 10.4 Å². The monoisotopic (exact) mass is 264 g/mol. The molecule has 2 N–H and O–H groups in total. The summed E-state index contributed by atoms with van der Waals surface area (Å²) in [6.45, 7) is 3.45. The fraction of sp³-hybridized carbons (Fsp3) is 0.643. The molecule has 0 aromatic heterocycles. The summed E-state index contributed by atoms with van der Waals surface area (Å²) in [6, 6.07) is 0. The molecule has 1 unspecified atom stereocenters. The number of carboxylic acids is 1. The molecule has 1 fully saturated rings. The Morgan fingerprint density at radius 2 is 2.05 bits per heavy atom. The second-order valence-electron chi connectivity index (χ2n) is 5.40. The van der Waals surface area contributed by atoms with Gasteiger partial charge in [-0.3, -0.25) is 9.79 Å². The highest BCUT2D eigenvalue weighted by molar-refractivity contribution is 6.25. The van der Waals surface area contributed by atoms with Crippen molar-refractivity contribution in [2.24, 2.45) is 10.9 Å². The van der Waals surface area contributed by atoms with Crippen LogP contribution >= 0.6 is 0 Å². The number of allylic oxidation sites excluding steroid dienone is 1. The van der Waals surface area contributed by atoms with E-state index in [1.807, 2.05) is 6.92 Å². The van der Waals surface area contributed by atoms with E-state index in [1.165, 1.54) is 12.5 Å². The molecule has 0 bridgehead atoms. The summed E-state index contributed by atoms with van der Waals surface area (Å²) in [5.74, 6) is -0.817. The number of nitrogens with one attached hydrogen (secondary N) is 1. The number of hydrogen-bond donors (Lipinski definition) is 2. The topological polar surface area (TPSA) is 78.8 Å². The summed E-state index contributed by atoms with van der Waals surface area (Å²) < 4.78 is 0. The molecule has 0 aromatic carbocycles. The van der Waals surface area contributed by atoms with Crippen LogP contribution in [-0.2, 0) is 9.59 Å². The number of aliphatic carboxylic acids is 1. The summed E-state index contributed by atoms with van der Waals surface area (Å²) in [5, 5.41) is 11.7. The maximum absolute atomic E-state index is 12.2. The first-order chi connectivity index (χ1) is 8.99. The van der Waals surface area contributed by atoms with Gasteiger partial charge in [0.1, 0.15) is 11.4 Å². The maximum atomic E-state index is 12.2. The van der Waals surface area contributed by atoms with Crippen LogP contribution in [0.5, 0.6) is 0 Å². The highest BCUT2D eigenvalue weighted by atomic mass is 16.4. The molecule has 19 heavy (non-hydrogen) atoms. The molecule has 1 saturated carbocycles. The first-order valence-corrected chi connectivity index (χ1v) is 6.80. The highest BCUT2D eigenvalue weighted by Crippen LogP contribution is 2.37. The van der Waals surface area contributed by atoms with Gasteiger partial charge in [-0.05, 0) is 32.6 Å². The molecule has 0 radical (unpaired) electrons. The summed E-state index contributed by atoms with van der Waals surface area (Å²) >= 11 is 0. The minimum Gasteiger partial charge on any atom is -0.478 e. The molecular formula is C14H20N2O3. The number of amides is 1. The summed E-state index contributed by atoms with van der Waals surface area (Å²) in [6.07, 6.45) is 6.88. The molecule has 2 aliphatic rings. The summed E-state index contributed by atoms with van der Waals surface area (Å²) in [4.78, 5) is 27.7. The Morgan fingerprint density at radius 1 is 1.42 bits per heavy atom. The molecule has 0 aromatic rings. The zero-order valence-electron chi connectivity index (χ0n) is 11.4. The Hall–Kier alpha value is -1.65. The second-order valence-corrected chi connectivity index (χ2v) is 5.40. The quantitative estimate of drug-likeness (QED) is 0.764. The zero-order chi connectivity index (χ0) is 14.0. The van der Waals surface area contributed by atoms with Crippen LogP contribution in [-0.4, -0.2) is 28.4 Å². The van der Waals surface area contributed by atoms with E-state index < -0.39 is 11.5 Å². The average Bonchev–Trinajstić information content (AvgIpc) is 2.68. The van der Waals surface area contributed by atoms with Crippen LogP contribution in [0.3, 0.4) is 0 Å². The molecule has 1 atom stereocenters. The third-order valence-electron chi connectivity index (χ3n) is 4.21. The van der Waals surface area contributed by atoms with Crippen molar-refractivity contribution in [2.75, 3.05) is 0 Å². The number of carboxylic acid groups (broad SMARTS) is 1. The van der Waals surface area contributed by atoms with Gasteiger partial charge in [0, 0.05) is 0 Å². The van der Waals surface area contributed by atoms with E-state index in [4.69, 9.17) is 5.11 Å². The van der Waals surface area contributed by atoms with Gasteiger partial charge in [-0.25, -0.2) is 4.79 Å². The van der Waals surface area contributed by atoms with Gasteiger partial charge in [0.15, 0.2) is 0 Å². The largest absolute Gasteiger partial charge is 0.478 e. The number of aliphatic imine (C=N–C) groups is 1. The molecule has 0 saturated heterocycles. The van der Waals surface area contributed by atoms with Crippen molar-refractivity contribution in [1.82, 2.24) is 5.32 Å². The van der Waals surface area contributed by atoms with E-state index in [0.717, 1.165) is 25.7 Å². The molecule has 1 amide bonds. The molecular weight excluding hydrogens is 244 g/mol. The smallest absolute Gasteiger partial charge is 0.339 e. The molecule has 104 valence electrons. The number of carbonyl (C=O) groups is 2. The Morgan fingerprint density at radius 3 is 2.58 bits per heavy atom. The first kappa shape index (κ1) is 13.8. The Labute approximate surface area is 112 Å². The van der Waals surface area contributed by atoms with Gasteiger partial charge in [-0.2, -0.15) is 0 Å². The van der Waals surface area contributed by atoms with E-state index in [2.05, 4.69) is 10.3 Å². The van der Waals surface area contributed by atoms with E-state index in [9.17, 15) is 9.59 Å². The van der Waals surface area contributed by atoms with Crippen molar-refractivity contribution < 1.29 is 14.7 Å². The lowest BCUT2D eigenvalue weighted by Crippen LogP contribution is -2.44. The van der Waals surface area contributed by atoms with E-state index >= 15 is 0 Å². The number of rotatable bonds is 3. The molecule has 5 nitrogen and oxygen atoms in total. The van der Waals surface area contributed by atoms with Crippen LogP contribution in [0.2, 0.25) is 0 Å². The average molecular weight is 264 g/mol. The van der Waals surface area contributed by atoms with Gasteiger partial charge in [0.05, 0.1) is 5.57 Å². The van der Waals surface area contributed by atoms with Crippen molar-refractivity contribution in [3.05, 3.63) is 11.6 Å². The predicted molar refractivity (Wildman–Crippen MR) is 72.0 cm³/mol. The molecule has 1 heterocycles. The van der Waals surface area contributed by atoms with Crippen LogP contribution in [0.25, 0.3) is 0 Å². The van der Waals surface area contributed by atoms with Crippen molar-refractivity contribution in [3.63, 3.8) is 0 Å². The molecule has 5 heteroatoms. The molecule has 1 aliphatic heterocycles. The number of amidine groups is 1. The van der Waals surface area contributed by atoms with Crippen molar-refractivity contribution in [2.45, 2.75) is 51.5 Å². The predicted octanol–water partition coefficient (Wildman–Crippen LogP) is 1.88. The number of nitrogens with zero attached hydrogens (tertiary/aromatic N) is 1. The minimum absolute atomic E-state index is 0.0629. The van der Waals surface area contributed by atoms with E-state index in [0.29, 0.717) is 0 Å². The standard InChI is InChI=1S/C14H20N2O3/c1-3-10(12(17)18)11-15-13(19)14(2,16-11)9-7-5-4-6-8-9/h3,9H,4-8H2,1-2H3,(H,17,18)(H,15,16,19). The van der Waals surface area contributed by atoms with Crippen molar-refractivity contribution in [3.8, 4) is 0 Å². The Balaban J connectivity index is 2.28. The normalized spacial score (nSPS) is 29.1. The zero-order valence-corrected chi connectivity index (χ0v) is 11.4. The Bertz CT molecular complexity index is 461. The number of hydrogen-bond acceptors (Lipinski definition) is 3. The van der Waals surface area contributed by atoms with Crippen LogP contribution in [0.4, 0.5) is 0 Å². The summed E-state index contributed by atoms with van der Waals surface area (Å²) in [5.41, 5.74) is -0.743. The fourth-order valence-electron chi connectivity index (χ4n) is 2.98. The minimum atomic E-state index is -1.06. The highest BCUT2D eigenvalue weighted by Gasteiger charge is 2.46. The molecule has 1 aliphatic carbocycles.